The number of H-pyrrole nitrogens is 1. The molecule has 0 amide bonds. The van der Waals surface area contributed by atoms with Crippen LogP contribution < -0.4 is 0 Å². The minimum atomic E-state index is -0.824. The van der Waals surface area contributed by atoms with Crippen LogP contribution in [0.4, 0.5) is 0 Å². The quantitative estimate of drug-likeness (QED) is 0.642. The van der Waals surface area contributed by atoms with Crippen molar-refractivity contribution < 1.29 is 15.0 Å². The summed E-state index contributed by atoms with van der Waals surface area (Å²) in [7, 11) is 0. The zero-order valence-electron chi connectivity index (χ0n) is 13.8. The summed E-state index contributed by atoms with van der Waals surface area (Å²) in [6.45, 7) is -0.0864. The number of aliphatic hydroxyl groups excluding tert-OH is 1. The predicted octanol–water partition coefficient (Wildman–Crippen LogP) is 3.62. The van der Waals surface area contributed by atoms with Gasteiger partial charge < -0.3 is 15.2 Å². The third-order valence-corrected chi connectivity index (χ3v) is 4.88. The van der Waals surface area contributed by atoms with E-state index in [0.717, 1.165) is 33.3 Å². The van der Waals surface area contributed by atoms with Crippen LogP contribution in [0.3, 0.4) is 0 Å². The number of fused-ring (bicyclic) bond motifs is 1. The number of pyridine rings is 1. The Morgan fingerprint density at radius 1 is 1.28 bits per heavy atom. The highest BCUT2D eigenvalue weighted by Gasteiger charge is 2.26. The topological polar surface area (TPSA) is 86.2 Å². The van der Waals surface area contributed by atoms with Crippen LogP contribution in [0.1, 0.15) is 41.9 Å². The smallest absolute Gasteiger partial charge is 0.303 e. The summed E-state index contributed by atoms with van der Waals surface area (Å²) in [6, 6.07) is 7.79. The first kappa shape index (κ1) is 15.8. The number of aliphatic hydroxyl groups is 1. The van der Waals surface area contributed by atoms with E-state index in [1.807, 2.05) is 24.4 Å². The molecule has 128 valence electrons. The van der Waals surface area contributed by atoms with Crippen LogP contribution in [0.5, 0.6) is 0 Å². The fourth-order valence-electron chi connectivity index (χ4n) is 3.50. The molecule has 4 rings (SSSR count). The largest absolute Gasteiger partial charge is 0.481 e. The predicted molar refractivity (Wildman–Crippen MR) is 95.4 cm³/mol. The average Bonchev–Trinajstić information content (AvgIpc) is 3.38. The Bertz CT molecular complexity index is 941. The highest BCUT2D eigenvalue weighted by Crippen LogP contribution is 2.43. The maximum absolute atomic E-state index is 11.0. The Balaban J connectivity index is 1.83. The lowest BCUT2D eigenvalue weighted by Crippen LogP contribution is -2.01. The number of hydrogen-bond donors (Lipinski definition) is 3. The molecule has 0 spiro atoms. The van der Waals surface area contributed by atoms with Crippen LogP contribution in [-0.2, 0) is 17.8 Å². The second kappa shape index (κ2) is 6.33. The number of nitrogens with zero attached hydrogens (tertiary/aromatic N) is 1. The Kier molecular flexibility index (Phi) is 4.01. The van der Waals surface area contributed by atoms with Crippen molar-refractivity contribution in [1.82, 2.24) is 9.97 Å². The number of benzene rings is 1. The maximum Gasteiger partial charge on any atom is 0.303 e. The van der Waals surface area contributed by atoms with Crippen molar-refractivity contribution in [1.29, 1.82) is 0 Å². The molecule has 3 aromatic rings. The summed E-state index contributed by atoms with van der Waals surface area (Å²) >= 11 is 0. The van der Waals surface area contributed by atoms with Crippen molar-refractivity contribution in [3.8, 4) is 11.1 Å². The van der Waals surface area contributed by atoms with Gasteiger partial charge in [0, 0.05) is 29.8 Å². The Morgan fingerprint density at radius 2 is 2.08 bits per heavy atom. The van der Waals surface area contributed by atoms with Crippen LogP contribution in [0.25, 0.3) is 22.2 Å². The third-order valence-electron chi connectivity index (χ3n) is 4.88. The molecule has 1 saturated carbocycles. The van der Waals surface area contributed by atoms with E-state index in [2.05, 4.69) is 16.0 Å². The molecule has 2 aromatic heterocycles. The Morgan fingerprint density at radius 3 is 2.80 bits per heavy atom. The first-order valence-corrected chi connectivity index (χ1v) is 8.58. The van der Waals surface area contributed by atoms with Crippen molar-refractivity contribution in [2.45, 2.75) is 38.2 Å². The van der Waals surface area contributed by atoms with E-state index < -0.39 is 5.97 Å². The zero-order chi connectivity index (χ0) is 17.4. The number of aryl methyl sites for hydroxylation is 1. The number of carboxylic acid groups (broad SMARTS) is 1. The van der Waals surface area contributed by atoms with Gasteiger partial charge >= 0.3 is 5.97 Å². The molecule has 25 heavy (non-hydrogen) atoms. The lowest BCUT2D eigenvalue weighted by atomic mass is 9.92. The van der Waals surface area contributed by atoms with Gasteiger partial charge in [-0.05, 0) is 53.5 Å². The summed E-state index contributed by atoms with van der Waals surface area (Å²) in [6.07, 6.45) is 6.77. The van der Waals surface area contributed by atoms with E-state index in [-0.39, 0.29) is 13.0 Å². The fourth-order valence-corrected chi connectivity index (χ4v) is 3.50. The van der Waals surface area contributed by atoms with Gasteiger partial charge in [-0.1, -0.05) is 18.2 Å². The van der Waals surface area contributed by atoms with E-state index in [0.29, 0.717) is 12.3 Å². The number of aromatic nitrogens is 2. The van der Waals surface area contributed by atoms with Crippen molar-refractivity contribution in [3.63, 3.8) is 0 Å². The molecular formula is C20H20N2O3. The number of nitrogens with one attached hydrogen (secondary N) is 1. The number of aromatic amines is 1. The van der Waals surface area contributed by atoms with Crippen LogP contribution in [0.2, 0.25) is 0 Å². The summed E-state index contributed by atoms with van der Waals surface area (Å²) < 4.78 is 0. The van der Waals surface area contributed by atoms with Gasteiger partial charge in [0.25, 0.3) is 0 Å². The van der Waals surface area contributed by atoms with E-state index in [9.17, 15) is 9.90 Å². The van der Waals surface area contributed by atoms with E-state index >= 15 is 0 Å². The fraction of sp³-hybridized carbons (Fsp3) is 0.300. The zero-order valence-corrected chi connectivity index (χ0v) is 13.8. The van der Waals surface area contributed by atoms with Crippen LogP contribution >= 0.6 is 0 Å². The van der Waals surface area contributed by atoms with Crippen molar-refractivity contribution in [2.75, 3.05) is 0 Å². The number of carbonyl (C=O) groups is 1. The second-order valence-corrected chi connectivity index (χ2v) is 6.64. The van der Waals surface area contributed by atoms with Gasteiger partial charge in [-0.2, -0.15) is 0 Å². The summed E-state index contributed by atoms with van der Waals surface area (Å²) in [5, 5.41) is 19.9. The van der Waals surface area contributed by atoms with Crippen LogP contribution in [-0.4, -0.2) is 26.2 Å². The van der Waals surface area contributed by atoms with Crippen molar-refractivity contribution in [3.05, 3.63) is 53.3 Å². The molecule has 5 heteroatoms. The molecule has 5 nitrogen and oxygen atoms in total. The van der Waals surface area contributed by atoms with Gasteiger partial charge in [0.2, 0.25) is 0 Å². The maximum atomic E-state index is 11.0. The summed E-state index contributed by atoms with van der Waals surface area (Å²) in [4.78, 5) is 18.8. The highest BCUT2D eigenvalue weighted by atomic mass is 16.4. The molecule has 0 unspecified atom stereocenters. The van der Waals surface area contributed by atoms with Gasteiger partial charge in [-0.25, -0.2) is 4.98 Å². The molecular weight excluding hydrogens is 316 g/mol. The third kappa shape index (κ3) is 3.03. The van der Waals surface area contributed by atoms with E-state index in [1.165, 1.54) is 18.4 Å². The molecule has 1 fully saturated rings. The van der Waals surface area contributed by atoms with Gasteiger partial charge in [-0.15, -0.1) is 0 Å². The summed E-state index contributed by atoms with van der Waals surface area (Å²) in [5.74, 6) is -0.207. The molecule has 0 atom stereocenters. The molecule has 0 radical (unpaired) electrons. The van der Waals surface area contributed by atoms with E-state index in [1.54, 1.807) is 6.20 Å². The Hall–Kier alpha value is -2.66. The highest BCUT2D eigenvalue weighted by molar-refractivity contribution is 5.86. The average molecular weight is 336 g/mol. The van der Waals surface area contributed by atoms with E-state index in [4.69, 9.17) is 5.11 Å². The van der Waals surface area contributed by atoms with Gasteiger partial charge in [-0.3, -0.25) is 4.79 Å². The minimum absolute atomic E-state index is 0.0645. The van der Waals surface area contributed by atoms with Gasteiger partial charge in [0.1, 0.15) is 5.65 Å². The molecule has 1 aliphatic carbocycles. The van der Waals surface area contributed by atoms with Crippen molar-refractivity contribution in [2.24, 2.45) is 0 Å². The normalized spacial score (nSPS) is 14.1. The first-order valence-electron chi connectivity index (χ1n) is 8.58. The molecule has 1 aromatic carbocycles. The molecule has 0 bridgehead atoms. The molecule has 0 aliphatic heterocycles. The molecule has 3 N–H and O–H groups in total. The van der Waals surface area contributed by atoms with Gasteiger partial charge in [0.15, 0.2) is 0 Å². The summed E-state index contributed by atoms with van der Waals surface area (Å²) in [5.41, 5.74) is 5.74. The minimum Gasteiger partial charge on any atom is -0.481 e. The number of carboxylic acids is 1. The van der Waals surface area contributed by atoms with Crippen LogP contribution in [0, 0.1) is 0 Å². The lowest BCUT2D eigenvalue weighted by Gasteiger charge is -2.14. The number of rotatable bonds is 6. The lowest BCUT2D eigenvalue weighted by molar-refractivity contribution is -0.136. The second-order valence-electron chi connectivity index (χ2n) is 6.64. The van der Waals surface area contributed by atoms with Gasteiger partial charge in [0.05, 0.1) is 6.61 Å². The number of aliphatic carboxylic acids is 1. The SMILES string of the molecule is O=C(O)CCc1cccc(CO)c1-c1cnc2[nH]cc(C3CC3)c2c1. The standard InChI is InChI=1S/C20H20N2O3/c23-11-14-3-1-2-13(6-7-18(24)25)19(14)15-8-16-17(12-4-5-12)10-22-20(16)21-9-15/h1-3,8-10,12,23H,4-7,11H2,(H,21,22)(H,24,25). The molecule has 2 heterocycles. The van der Waals surface area contributed by atoms with Crippen molar-refractivity contribution >= 4 is 17.0 Å². The Labute approximate surface area is 145 Å². The number of hydrogen-bond acceptors (Lipinski definition) is 3. The monoisotopic (exact) mass is 336 g/mol. The first-order chi connectivity index (χ1) is 12.2. The molecule has 0 saturated heterocycles. The molecule has 1 aliphatic rings. The van der Waals surface area contributed by atoms with Crippen LogP contribution in [0.15, 0.2) is 36.7 Å².